The predicted molar refractivity (Wildman–Crippen MR) is 101 cm³/mol. The van der Waals surface area contributed by atoms with Crippen molar-refractivity contribution in [2.24, 2.45) is 0 Å². The summed E-state index contributed by atoms with van der Waals surface area (Å²) in [5.41, 5.74) is 3.72. The molecule has 27 heavy (non-hydrogen) atoms. The first-order valence-electron chi connectivity index (χ1n) is 8.99. The molecule has 1 aliphatic rings. The quantitative estimate of drug-likeness (QED) is 0.689. The van der Waals surface area contributed by atoms with Crippen LogP contribution in [0.3, 0.4) is 0 Å². The Balaban J connectivity index is 1.39. The van der Waals surface area contributed by atoms with Gasteiger partial charge in [-0.2, -0.15) is 0 Å². The Kier molecular flexibility index (Phi) is 4.67. The second kappa shape index (κ2) is 7.27. The predicted octanol–water partition coefficient (Wildman–Crippen LogP) is 5.05. The summed E-state index contributed by atoms with van der Waals surface area (Å²) < 4.78 is 25.1. The van der Waals surface area contributed by atoms with Gasteiger partial charge in [-0.05, 0) is 79.3 Å². The molecule has 0 radical (unpaired) electrons. The molecule has 1 amide bonds. The lowest BCUT2D eigenvalue weighted by Crippen LogP contribution is -2.12. The van der Waals surface area contributed by atoms with E-state index in [0.717, 1.165) is 24.2 Å². The number of rotatable bonds is 5. The molecule has 0 aliphatic heterocycles. The summed E-state index contributed by atoms with van der Waals surface area (Å²) in [6, 6.07) is 13.9. The van der Waals surface area contributed by atoms with Gasteiger partial charge in [0.15, 0.2) is 5.76 Å². The second-order valence-electron chi connectivity index (χ2n) is 6.78. The normalized spacial score (nSPS) is 12.7. The molecule has 4 rings (SSSR count). The molecular formula is C22H20FNO3. The molecule has 138 valence electrons. The van der Waals surface area contributed by atoms with Crippen molar-refractivity contribution in [2.75, 3.05) is 5.32 Å². The van der Waals surface area contributed by atoms with Crippen LogP contribution in [0.1, 0.15) is 39.4 Å². The van der Waals surface area contributed by atoms with Gasteiger partial charge in [-0.1, -0.05) is 12.1 Å². The zero-order valence-electron chi connectivity index (χ0n) is 15.0. The first kappa shape index (κ1) is 17.3. The smallest absolute Gasteiger partial charge is 0.291 e. The summed E-state index contributed by atoms with van der Waals surface area (Å²) in [7, 11) is 0. The van der Waals surface area contributed by atoms with Crippen molar-refractivity contribution < 1.29 is 18.3 Å². The molecule has 1 N–H and O–H groups in total. The summed E-state index contributed by atoms with van der Waals surface area (Å²) in [4.78, 5) is 12.3. The van der Waals surface area contributed by atoms with E-state index in [9.17, 15) is 9.18 Å². The Labute approximate surface area is 157 Å². The Morgan fingerprint density at radius 1 is 1.11 bits per heavy atom. The van der Waals surface area contributed by atoms with E-state index in [2.05, 4.69) is 17.4 Å². The van der Waals surface area contributed by atoms with Crippen LogP contribution in [0.4, 0.5) is 10.1 Å². The highest BCUT2D eigenvalue weighted by molar-refractivity contribution is 6.02. The average molecular weight is 365 g/mol. The lowest BCUT2D eigenvalue weighted by Gasteiger charge is -2.07. The minimum Gasteiger partial charge on any atom is -0.486 e. The van der Waals surface area contributed by atoms with Gasteiger partial charge >= 0.3 is 0 Å². The standard InChI is InChI=1S/C22H20FNO3/c1-14-5-9-19(23)20(11-14)24-22(25)21-10-8-18(27-21)13-26-17-7-6-15-3-2-4-16(15)12-17/h5-12H,2-4,13H2,1H3,(H,24,25). The van der Waals surface area contributed by atoms with Gasteiger partial charge in [-0.25, -0.2) is 4.39 Å². The molecule has 0 atom stereocenters. The maximum atomic E-state index is 13.8. The number of carbonyl (C=O) groups excluding carboxylic acids is 1. The van der Waals surface area contributed by atoms with Crippen molar-refractivity contribution in [3.63, 3.8) is 0 Å². The Hall–Kier alpha value is -3.08. The third kappa shape index (κ3) is 3.87. The SMILES string of the molecule is Cc1ccc(F)c(NC(=O)c2ccc(COc3ccc4c(c3)CCC4)o2)c1. The molecule has 0 unspecified atom stereocenters. The largest absolute Gasteiger partial charge is 0.486 e. The Bertz CT molecular complexity index is 993. The summed E-state index contributed by atoms with van der Waals surface area (Å²) in [5.74, 6) is 0.456. The number of hydrogen-bond donors (Lipinski definition) is 1. The lowest BCUT2D eigenvalue weighted by atomic mass is 10.1. The van der Waals surface area contributed by atoms with Crippen molar-refractivity contribution in [1.29, 1.82) is 0 Å². The average Bonchev–Trinajstić information content (AvgIpc) is 3.31. The van der Waals surface area contributed by atoms with Crippen LogP contribution in [0.15, 0.2) is 52.9 Å². The molecule has 1 aliphatic carbocycles. The monoisotopic (exact) mass is 365 g/mol. The summed E-state index contributed by atoms with van der Waals surface area (Å²) in [6.45, 7) is 2.06. The Morgan fingerprint density at radius 3 is 2.85 bits per heavy atom. The number of anilines is 1. The number of nitrogens with one attached hydrogen (secondary N) is 1. The zero-order chi connectivity index (χ0) is 18.8. The van der Waals surface area contributed by atoms with Gasteiger partial charge in [0.05, 0.1) is 5.69 Å². The van der Waals surface area contributed by atoms with Crippen molar-refractivity contribution >= 4 is 11.6 Å². The summed E-state index contributed by atoms with van der Waals surface area (Å²) in [6.07, 6.45) is 3.41. The van der Waals surface area contributed by atoms with Gasteiger partial charge < -0.3 is 14.5 Å². The molecule has 1 heterocycles. The van der Waals surface area contributed by atoms with Crippen LogP contribution < -0.4 is 10.1 Å². The highest BCUT2D eigenvalue weighted by Gasteiger charge is 2.15. The molecule has 5 heteroatoms. The number of ether oxygens (including phenoxy) is 1. The topological polar surface area (TPSA) is 51.5 Å². The molecule has 0 saturated heterocycles. The lowest BCUT2D eigenvalue weighted by molar-refractivity contribution is 0.0992. The molecule has 0 saturated carbocycles. The molecule has 3 aromatic rings. The number of carbonyl (C=O) groups is 1. The number of amides is 1. The Morgan fingerprint density at radius 2 is 1.96 bits per heavy atom. The van der Waals surface area contributed by atoms with Crippen LogP contribution in [-0.2, 0) is 19.4 Å². The molecule has 0 fully saturated rings. The van der Waals surface area contributed by atoms with E-state index < -0.39 is 11.7 Å². The fraction of sp³-hybridized carbons (Fsp3) is 0.227. The summed E-state index contributed by atoms with van der Waals surface area (Å²) in [5, 5.41) is 2.53. The van der Waals surface area contributed by atoms with Crippen LogP contribution in [-0.4, -0.2) is 5.91 Å². The van der Waals surface area contributed by atoms with Crippen LogP contribution in [0.5, 0.6) is 5.75 Å². The second-order valence-corrected chi connectivity index (χ2v) is 6.78. The first-order valence-corrected chi connectivity index (χ1v) is 8.99. The minimum atomic E-state index is -0.497. The van der Waals surface area contributed by atoms with Crippen LogP contribution in [0.2, 0.25) is 0 Å². The first-order chi connectivity index (χ1) is 13.1. The van der Waals surface area contributed by atoms with Crippen molar-refractivity contribution in [3.05, 3.63) is 82.6 Å². The van der Waals surface area contributed by atoms with E-state index >= 15 is 0 Å². The van der Waals surface area contributed by atoms with E-state index in [1.54, 1.807) is 24.3 Å². The fourth-order valence-corrected chi connectivity index (χ4v) is 3.29. The number of furan rings is 1. The molecular weight excluding hydrogens is 345 g/mol. The zero-order valence-corrected chi connectivity index (χ0v) is 15.0. The van der Waals surface area contributed by atoms with Crippen LogP contribution >= 0.6 is 0 Å². The highest BCUT2D eigenvalue weighted by atomic mass is 19.1. The minimum absolute atomic E-state index is 0.114. The number of fused-ring (bicyclic) bond motifs is 1. The number of halogens is 1. The van der Waals surface area contributed by atoms with Gasteiger partial charge in [0, 0.05) is 0 Å². The molecule has 1 aromatic heterocycles. The van der Waals surface area contributed by atoms with E-state index in [1.807, 2.05) is 13.0 Å². The third-order valence-electron chi connectivity index (χ3n) is 4.71. The van der Waals surface area contributed by atoms with E-state index in [1.165, 1.54) is 23.6 Å². The maximum absolute atomic E-state index is 13.8. The van der Waals surface area contributed by atoms with Crippen molar-refractivity contribution in [3.8, 4) is 5.75 Å². The fourth-order valence-electron chi connectivity index (χ4n) is 3.29. The molecule has 0 bridgehead atoms. The van der Waals surface area contributed by atoms with E-state index in [4.69, 9.17) is 9.15 Å². The number of hydrogen-bond acceptors (Lipinski definition) is 3. The van der Waals surface area contributed by atoms with Gasteiger partial charge in [-0.15, -0.1) is 0 Å². The number of aryl methyl sites for hydroxylation is 3. The number of benzene rings is 2. The van der Waals surface area contributed by atoms with Gasteiger partial charge in [0.2, 0.25) is 0 Å². The van der Waals surface area contributed by atoms with Gasteiger partial charge in [-0.3, -0.25) is 4.79 Å². The third-order valence-corrected chi connectivity index (χ3v) is 4.71. The van der Waals surface area contributed by atoms with Crippen molar-refractivity contribution in [1.82, 2.24) is 0 Å². The molecule has 0 spiro atoms. The molecule has 4 nitrogen and oxygen atoms in total. The van der Waals surface area contributed by atoms with Crippen LogP contribution in [0, 0.1) is 12.7 Å². The van der Waals surface area contributed by atoms with Gasteiger partial charge in [0.1, 0.15) is 23.9 Å². The van der Waals surface area contributed by atoms with E-state index in [0.29, 0.717) is 5.76 Å². The van der Waals surface area contributed by atoms with Crippen molar-refractivity contribution in [2.45, 2.75) is 32.8 Å². The van der Waals surface area contributed by atoms with E-state index in [-0.39, 0.29) is 18.1 Å². The highest BCUT2D eigenvalue weighted by Crippen LogP contribution is 2.26. The van der Waals surface area contributed by atoms with Crippen LogP contribution in [0.25, 0.3) is 0 Å². The molecule has 2 aromatic carbocycles. The summed E-state index contributed by atoms with van der Waals surface area (Å²) >= 11 is 0. The van der Waals surface area contributed by atoms with Gasteiger partial charge in [0.25, 0.3) is 5.91 Å². The maximum Gasteiger partial charge on any atom is 0.291 e.